The van der Waals surface area contributed by atoms with Gasteiger partial charge in [0.15, 0.2) is 0 Å². The molecule has 0 heterocycles. The molecule has 0 spiro atoms. The average Bonchev–Trinajstić information content (AvgIpc) is 2.99. The summed E-state index contributed by atoms with van der Waals surface area (Å²) in [6.07, 6.45) is 7.42. The number of rotatable bonds is 1. The largest absolute Gasteiger partial charge is 0.118 e. The van der Waals surface area contributed by atoms with E-state index < -0.39 is 0 Å². The fourth-order valence-corrected chi connectivity index (χ4v) is 6.41. The van der Waals surface area contributed by atoms with Crippen LogP contribution in [0.2, 0.25) is 5.02 Å². The van der Waals surface area contributed by atoms with Gasteiger partial charge in [-0.2, -0.15) is 0 Å². The molecule has 6 aromatic rings. The van der Waals surface area contributed by atoms with Gasteiger partial charge >= 0.3 is 0 Å². The molecule has 42 heavy (non-hydrogen) atoms. The normalized spacial score (nSPS) is 15.3. The van der Waals surface area contributed by atoms with Crippen LogP contribution in [0.25, 0.3) is 48.7 Å². The zero-order chi connectivity index (χ0) is 29.0. The third-order valence-electron chi connectivity index (χ3n) is 8.33. The molecule has 0 nitrogen and oxygen atoms in total. The van der Waals surface area contributed by atoms with E-state index in [-0.39, 0.29) is 10.8 Å². The molecule has 0 aromatic heterocycles. The quantitative estimate of drug-likeness (QED) is 0.103. The number of hydrogen-bond donors (Lipinski definition) is 0. The molecule has 1 atom stereocenters. The second-order valence-electron chi connectivity index (χ2n) is 12.2. The maximum Gasteiger partial charge on any atom is 0.0554 e. The Balaban J connectivity index is 1.65. The molecule has 0 aliphatic heterocycles. The fraction of sp³-hybridized carbons (Fsp3) is 0.150. The number of fused-ring (bicyclic) bond motifs is 7. The lowest BCUT2D eigenvalue weighted by Gasteiger charge is -2.23. The summed E-state index contributed by atoms with van der Waals surface area (Å²) in [5, 5.41) is 10.6. The topological polar surface area (TPSA) is 0 Å². The first-order valence-electron chi connectivity index (χ1n) is 14.4. The van der Waals surface area contributed by atoms with E-state index >= 15 is 0 Å². The monoisotopic (exact) mass is 580 g/mol. The summed E-state index contributed by atoms with van der Waals surface area (Å²) < 4.78 is 0. The van der Waals surface area contributed by atoms with Gasteiger partial charge in [-0.1, -0.05) is 117 Å². The van der Waals surface area contributed by atoms with E-state index in [2.05, 4.69) is 118 Å². The number of allylic oxidation sites excluding steroid dienone is 4. The molecule has 6 aromatic carbocycles. The Hall–Kier alpha value is -4.02. The predicted molar refractivity (Wildman–Crippen MR) is 184 cm³/mol. The van der Waals surface area contributed by atoms with Crippen molar-refractivity contribution in [3.8, 4) is 11.8 Å². The number of halogens is 2. The minimum atomic E-state index is -0.0323. The molecule has 1 unspecified atom stereocenters. The molecule has 1 aliphatic carbocycles. The molecule has 0 amide bonds. The summed E-state index contributed by atoms with van der Waals surface area (Å²) in [6.45, 7) is 6.79. The molecular formula is C40H30Cl2. The van der Waals surface area contributed by atoms with Crippen LogP contribution >= 0.6 is 23.2 Å². The minimum Gasteiger partial charge on any atom is -0.118 e. The summed E-state index contributed by atoms with van der Waals surface area (Å²) >= 11 is 12.6. The lowest BCUT2D eigenvalue weighted by molar-refractivity contribution is 0.591. The summed E-state index contributed by atoms with van der Waals surface area (Å²) in [5.41, 5.74) is 5.67. The molecule has 7 rings (SSSR count). The van der Waals surface area contributed by atoms with E-state index in [0.29, 0.717) is 5.02 Å². The van der Waals surface area contributed by atoms with E-state index in [4.69, 9.17) is 23.2 Å². The predicted octanol–water partition coefficient (Wildman–Crippen LogP) is 11.6. The smallest absolute Gasteiger partial charge is 0.0554 e. The van der Waals surface area contributed by atoms with Gasteiger partial charge < -0.3 is 0 Å². The molecular weight excluding hydrogens is 551 g/mol. The van der Waals surface area contributed by atoms with Gasteiger partial charge in [-0.25, -0.2) is 0 Å². The van der Waals surface area contributed by atoms with Gasteiger partial charge in [0, 0.05) is 21.5 Å². The lowest BCUT2D eigenvalue weighted by atomic mass is 9.81. The van der Waals surface area contributed by atoms with Gasteiger partial charge in [-0.05, 0) is 103 Å². The zero-order valence-electron chi connectivity index (χ0n) is 23.9. The van der Waals surface area contributed by atoms with E-state index in [1.165, 1.54) is 59.8 Å². The highest BCUT2D eigenvalue weighted by molar-refractivity contribution is 6.30. The van der Waals surface area contributed by atoms with E-state index in [0.717, 1.165) is 17.5 Å². The molecule has 204 valence electrons. The third-order valence-corrected chi connectivity index (χ3v) is 8.90. The van der Waals surface area contributed by atoms with Gasteiger partial charge in [-0.3, -0.25) is 0 Å². The summed E-state index contributed by atoms with van der Waals surface area (Å²) in [5.74, 6) is 7.01. The van der Waals surface area contributed by atoms with Crippen LogP contribution in [0, 0.1) is 11.8 Å². The van der Waals surface area contributed by atoms with Crippen molar-refractivity contribution in [1.82, 2.24) is 0 Å². The first-order valence-corrected chi connectivity index (χ1v) is 15.2. The van der Waals surface area contributed by atoms with E-state index in [1.807, 2.05) is 24.3 Å². The van der Waals surface area contributed by atoms with Crippen molar-refractivity contribution >= 4 is 71.9 Å². The Labute approximate surface area is 257 Å². The van der Waals surface area contributed by atoms with Crippen molar-refractivity contribution in [2.75, 3.05) is 0 Å². The SMILES string of the molecule is CC(C)(C)c1cc(C#Cc2ccc(Cl)cc2)c2c(c1)cc(C1=CCC(Cl)C=C1)c1c2ccc2ccc3ccccc3c21. The van der Waals surface area contributed by atoms with Crippen LogP contribution in [0.4, 0.5) is 0 Å². The van der Waals surface area contributed by atoms with Crippen LogP contribution in [0.15, 0.2) is 109 Å². The Morgan fingerprint density at radius 2 is 1.48 bits per heavy atom. The van der Waals surface area contributed by atoms with Crippen molar-refractivity contribution in [2.24, 2.45) is 0 Å². The molecule has 0 saturated heterocycles. The number of benzene rings is 6. The Morgan fingerprint density at radius 1 is 0.714 bits per heavy atom. The molecule has 0 saturated carbocycles. The molecule has 0 bridgehead atoms. The Bertz CT molecular complexity index is 2160. The maximum atomic E-state index is 6.49. The molecule has 2 heteroatoms. The Morgan fingerprint density at radius 3 is 2.24 bits per heavy atom. The molecule has 0 radical (unpaired) electrons. The fourth-order valence-electron chi connectivity index (χ4n) is 6.12. The molecule has 0 N–H and O–H groups in total. The van der Waals surface area contributed by atoms with Gasteiger partial charge in [0.2, 0.25) is 0 Å². The Kier molecular flexibility index (Phi) is 6.62. The van der Waals surface area contributed by atoms with Crippen molar-refractivity contribution in [3.63, 3.8) is 0 Å². The van der Waals surface area contributed by atoms with Crippen molar-refractivity contribution in [2.45, 2.75) is 38.0 Å². The van der Waals surface area contributed by atoms with Crippen molar-refractivity contribution in [3.05, 3.63) is 137 Å². The second kappa shape index (κ2) is 10.4. The highest BCUT2D eigenvalue weighted by atomic mass is 35.5. The van der Waals surface area contributed by atoms with Gasteiger partial charge in [0.05, 0.1) is 5.38 Å². The van der Waals surface area contributed by atoms with Crippen LogP contribution in [-0.4, -0.2) is 5.38 Å². The first-order chi connectivity index (χ1) is 20.3. The maximum absolute atomic E-state index is 6.49. The van der Waals surface area contributed by atoms with Crippen LogP contribution in [0.1, 0.15) is 49.4 Å². The minimum absolute atomic E-state index is 0.0280. The summed E-state index contributed by atoms with van der Waals surface area (Å²) in [6, 6.07) is 32.5. The van der Waals surface area contributed by atoms with Crippen LogP contribution in [-0.2, 0) is 5.41 Å². The van der Waals surface area contributed by atoms with E-state index in [9.17, 15) is 0 Å². The van der Waals surface area contributed by atoms with Gasteiger partial charge in [-0.15, -0.1) is 11.6 Å². The van der Waals surface area contributed by atoms with Crippen LogP contribution < -0.4 is 0 Å². The first kappa shape index (κ1) is 26.9. The van der Waals surface area contributed by atoms with Crippen molar-refractivity contribution < 1.29 is 0 Å². The summed E-state index contributed by atoms with van der Waals surface area (Å²) in [7, 11) is 0. The van der Waals surface area contributed by atoms with Crippen LogP contribution in [0.3, 0.4) is 0 Å². The average molecular weight is 582 g/mol. The number of hydrogen-bond acceptors (Lipinski definition) is 0. The van der Waals surface area contributed by atoms with Gasteiger partial charge in [0.25, 0.3) is 0 Å². The third kappa shape index (κ3) is 4.78. The van der Waals surface area contributed by atoms with Gasteiger partial charge in [0.1, 0.15) is 0 Å². The standard InChI is InChI=1S/C40H30Cl2/c1-40(2,3)31-22-29(11-8-25-9-17-32(41)18-10-25)37-30(23-31)24-36(27-14-19-33(42)20-15-27)39-35(37)21-16-28-13-12-26-6-4-5-7-34(26)38(28)39/h4-7,9-10,12-19,21-24,33H,20H2,1-3H3. The van der Waals surface area contributed by atoms with E-state index in [1.54, 1.807) is 0 Å². The lowest BCUT2D eigenvalue weighted by Crippen LogP contribution is -2.11. The number of alkyl halides is 1. The van der Waals surface area contributed by atoms with Crippen molar-refractivity contribution in [1.29, 1.82) is 0 Å². The second-order valence-corrected chi connectivity index (χ2v) is 13.2. The highest BCUT2D eigenvalue weighted by Crippen LogP contribution is 2.43. The molecule has 1 aliphatic rings. The zero-order valence-corrected chi connectivity index (χ0v) is 25.4. The molecule has 0 fully saturated rings. The summed E-state index contributed by atoms with van der Waals surface area (Å²) in [4.78, 5) is 0. The highest BCUT2D eigenvalue weighted by Gasteiger charge is 2.21. The van der Waals surface area contributed by atoms with Crippen LogP contribution in [0.5, 0.6) is 0 Å².